The third kappa shape index (κ3) is 24.3. The van der Waals surface area contributed by atoms with Crippen molar-refractivity contribution >= 4 is 5.91 Å². The Morgan fingerprint density at radius 3 is 1.31 bits per heavy atom. The van der Waals surface area contributed by atoms with Crippen molar-refractivity contribution in [2.24, 2.45) is 0 Å². The van der Waals surface area contributed by atoms with Crippen LogP contribution >= 0.6 is 0 Å². The van der Waals surface area contributed by atoms with E-state index in [1.807, 2.05) is 0 Å². The lowest BCUT2D eigenvalue weighted by Crippen LogP contribution is -2.66. The number of carbonyl (C=O) groups excluding carboxylic acids is 1. The fraction of sp³-hybridized carbons (Fsp3) is 0.945. The molecule has 0 aliphatic carbocycles. The summed E-state index contributed by atoms with van der Waals surface area (Å²) in [5.74, 6) is -0.248. The highest BCUT2D eigenvalue weighted by Gasteiger charge is 2.53. The maximum absolute atomic E-state index is 13.2. The van der Waals surface area contributed by atoms with Crippen LogP contribution in [0.3, 0.4) is 0 Å². The number of hydrogen-bond acceptors (Lipinski definition) is 18. The molecule has 3 saturated heterocycles. The van der Waals surface area contributed by atoms with Gasteiger partial charge in [-0.3, -0.25) is 4.79 Å². The lowest BCUT2D eigenvalue weighted by molar-refractivity contribution is -0.379. The molecule has 0 radical (unpaired) electrons. The van der Waals surface area contributed by atoms with Gasteiger partial charge >= 0.3 is 0 Å². The largest absolute Gasteiger partial charge is 0.394 e. The molecule has 17 unspecified atom stereocenters. The van der Waals surface area contributed by atoms with Gasteiger partial charge in [0, 0.05) is 6.42 Å². The first-order chi connectivity index (χ1) is 35.8. The van der Waals surface area contributed by atoms with Crippen molar-refractivity contribution in [3.05, 3.63) is 12.2 Å². The second kappa shape index (κ2) is 39.8. The highest BCUT2D eigenvalue weighted by Crippen LogP contribution is 2.33. The van der Waals surface area contributed by atoms with E-state index in [-0.39, 0.29) is 18.9 Å². The molecular formula is C55H103NO18. The lowest BCUT2D eigenvalue weighted by atomic mass is 9.96. The number of aliphatic hydroxyl groups excluding tert-OH is 11. The van der Waals surface area contributed by atoms with Gasteiger partial charge in [-0.2, -0.15) is 0 Å². The van der Waals surface area contributed by atoms with Crippen LogP contribution in [0.2, 0.25) is 0 Å². The number of unbranched alkanes of at least 4 members (excludes halogenated alkanes) is 24. The van der Waals surface area contributed by atoms with E-state index in [4.69, 9.17) is 28.4 Å². The van der Waals surface area contributed by atoms with Crippen LogP contribution in [-0.2, 0) is 33.2 Å². The normalized spacial score (nSPS) is 31.5. The Bertz CT molecular complexity index is 1410. The van der Waals surface area contributed by atoms with E-state index in [0.29, 0.717) is 12.8 Å². The van der Waals surface area contributed by atoms with Gasteiger partial charge in [0.25, 0.3) is 0 Å². The van der Waals surface area contributed by atoms with Crippen LogP contribution < -0.4 is 5.32 Å². The quantitative estimate of drug-likeness (QED) is 0.0301. The fourth-order valence-electron chi connectivity index (χ4n) is 10.0. The average molecular weight is 1070 g/mol. The second-order valence-electron chi connectivity index (χ2n) is 21.1. The van der Waals surface area contributed by atoms with Gasteiger partial charge in [-0.1, -0.05) is 167 Å². The maximum atomic E-state index is 13.2. The summed E-state index contributed by atoms with van der Waals surface area (Å²) in [6.45, 7) is 1.70. The minimum Gasteiger partial charge on any atom is -0.394 e. The van der Waals surface area contributed by atoms with E-state index in [9.17, 15) is 61.0 Å². The summed E-state index contributed by atoms with van der Waals surface area (Å²) >= 11 is 0. The Balaban J connectivity index is 1.41. The van der Waals surface area contributed by atoms with E-state index < -0.39 is 124 Å². The van der Waals surface area contributed by atoms with Crippen LogP contribution in [0.15, 0.2) is 12.2 Å². The minimum atomic E-state index is -1.97. The molecule has 0 saturated carbocycles. The standard InChI is InChI=1S/C55H103NO18/c1-3-5-7-9-11-12-13-14-15-16-17-18-19-20-21-22-23-24-25-26-27-29-31-33-43(61)56-38(39(60)32-30-28-10-8-6-4-2)37-69-53-49(67)46(64)51(41(35-58)71-53)74-55-50(68)47(65)52(42(36-59)72-55)73-54-48(66)45(63)44(62)40(34-57)70-54/h16-17,38-42,44-55,57-60,62-68H,3-15,18-37H2,1-2H3,(H,56,61)/b17-16-. The number of nitrogens with one attached hydrogen (secondary N) is 1. The molecule has 12 N–H and O–H groups in total. The van der Waals surface area contributed by atoms with Crippen molar-refractivity contribution < 1.29 is 89.4 Å². The van der Waals surface area contributed by atoms with Crippen molar-refractivity contribution in [3.63, 3.8) is 0 Å². The van der Waals surface area contributed by atoms with E-state index in [1.54, 1.807) is 0 Å². The van der Waals surface area contributed by atoms with Gasteiger partial charge in [0.1, 0.15) is 73.2 Å². The molecule has 1 amide bonds. The van der Waals surface area contributed by atoms with Crippen molar-refractivity contribution in [3.8, 4) is 0 Å². The number of amides is 1. The second-order valence-corrected chi connectivity index (χ2v) is 21.1. The topological polar surface area (TPSA) is 307 Å². The average Bonchev–Trinajstić information content (AvgIpc) is 3.40. The number of hydrogen-bond donors (Lipinski definition) is 12. The highest BCUT2D eigenvalue weighted by atomic mass is 16.8. The summed E-state index contributed by atoms with van der Waals surface area (Å²) in [5, 5.41) is 120. The Kier molecular flexibility index (Phi) is 35.9. The van der Waals surface area contributed by atoms with Crippen LogP contribution in [0, 0.1) is 0 Å². The van der Waals surface area contributed by atoms with E-state index in [2.05, 4.69) is 31.3 Å². The molecule has 0 aromatic carbocycles. The van der Waals surface area contributed by atoms with Crippen molar-refractivity contribution in [1.29, 1.82) is 0 Å². The first-order valence-electron chi connectivity index (χ1n) is 28.9. The number of rotatable bonds is 42. The maximum Gasteiger partial charge on any atom is 0.220 e. The summed E-state index contributed by atoms with van der Waals surface area (Å²) in [6, 6.07) is -0.880. The molecule has 0 aromatic rings. The van der Waals surface area contributed by atoms with Crippen molar-refractivity contribution in [2.45, 2.75) is 304 Å². The molecule has 3 heterocycles. The first kappa shape index (κ1) is 66.8. The van der Waals surface area contributed by atoms with Gasteiger partial charge in [0.05, 0.1) is 38.6 Å². The monoisotopic (exact) mass is 1070 g/mol. The summed E-state index contributed by atoms with van der Waals surface area (Å²) in [6.07, 6.45) is 10.8. The zero-order chi connectivity index (χ0) is 54.1. The third-order valence-corrected chi connectivity index (χ3v) is 14.8. The molecule has 19 heteroatoms. The summed E-state index contributed by atoms with van der Waals surface area (Å²) in [4.78, 5) is 13.2. The van der Waals surface area contributed by atoms with Crippen LogP contribution in [-0.4, -0.2) is 193 Å². The Labute approximate surface area is 442 Å². The molecule has 3 fully saturated rings. The third-order valence-electron chi connectivity index (χ3n) is 14.8. The Hall–Kier alpha value is -1.47. The SMILES string of the molecule is CCCCCCCCCC/C=C\CCCCCCCCCCCCCC(=O)NC(COC1OC(CO)C(OC2OC(CO)C(OC3OC(CO)C(O)C(O)C3O)C(O)C2O)C(O)C1O)C(O)CCCCCCCC. The van der Waals surface area contributed by atoms with Crippen LogP contribution in [0.1, 0.15) is 200 Å². The van der Waals surface area contributed by atoms with Gasteiger partial charge in [-0.05, 0) is 38.5 Å². The minimum absolute atomic E-state index is 0.248. The molecule has 17 atom stereocenters. The first-order valence-corrected chi connectivity index (χ1v) is 28.9. The summed E-state index contributed by atoms with van der Waals surface area (Å²) in [7, 11) is 0. The molecule has 0 spiro atoms. The van der Waals surface area contributed by atoms with Gasteiger partial charge in [0.15, 0.2) is 18.9 Å². The van der Waals surface area contributed by atoms with Gasteiger partial charge < -0.3 is 89.9 Å². The molecule has 0 aromatic heterocycles. The Morgan fingerprint density at radius 2 is 0.851 bits per heavy atom. The zero-order valence-corrected chi connectivity index (χ0v) is 45.1. The molecule has 3 aliphatic rings. The van der Waals surface area contributed by atoms with Crippen molar-refractivity contribution in [2.75, 3.05) is 26.4 Å². The molecule has 0 bridgehead atoms. The van der Waals surface area contributed by atoms with Gasteiger partial charge in [-0.15, -0.1) is 0 Å². The smallest absolute Gasteiger partial charge is 0.220 e. The Morgan fingerprint density at radius 1 is 0.473 bits per heavy atom. The molecule has 3 rings (SSSR count). The van der Waals surface area contributed by atoms with Crippen LogP contribution in [0.25, 0.3) is 0 Å². The summed E-state index contributed by atoms with van der Waals surface area (Å²) in [5.41, 5.74) is 0. The predicted molar refractivity (Wildman–Crippen MR) is 277 cm³/mol. The highest BCUT2D eigenvalue weighted by molar-refractivity contribution is 5.76. The molecule has 74 heavy (non-hydrogen) atoms. The number of carbonyl (C=O) groups is 1. The molecule has 3 aliphatic heterocycles. The van der Waals surface area contributed by atoms with Crippen LogP contribution in [0.5, 0.6) is 0 Å². The van der Waals surface area contributed by atoms with E-state index in [0.717, 1.165) is 57.8 Å². The summed E-state index contributed by atoms with van der Waals surface area (Å²) < 4.78 is 34.1. The van der Waals surface area contributed by atoms with Gasteiger partial charge in [-0.25, -0.2) is 0 Å². The predicted octanol–water partition coefficient (Wildman–Crippen LogP) is 4.21. The van der Waals surface area contributed by atoms with E-state index in [1.165, 1.54) is 109 Å². The number of ether oxygens (including phenoxy) is 6. The lowest BCUT2D eigenvalue weighted by Gasteiger charge is -2.48. The zero-order valence-electron chi connectivity index (χ0n) is 45.1. The van der Waals surface area contributed by atoms with Crippen LogP contribution in [0.4, 0.5) is 0 Å². The molecular weight excluding hydrogens is 963 g/mol. The number of allylic oxidation sites excluding steroid dienone is 2. The fourth-order valence-corrected chi connectivity index (χ4v) is 10.0. The van der Waals surface area contributed by atoms with E-state index >= 15 is 0 Å². The van der Waals surface area contributed by atoms with Gasteiger partial charge in [0.2, 0.25) is 5.91 Å². The number of aliphatic hydroxyl groups is 11. The molecule has 436 valence electrons. The molecule has 19 nitrogen and oxygen atoms in total. The van der Waals surface area contributed by atoms with Crippen molar-refractivity contribution in [1.82, 2.24) is 5.32 Å².